The van der Waals surface area contributed by atoms with Gasteiger partial charge in [-0.15, -0.1) is 0 Å². The minimum absolute atomic E-state index is 0.210. The summed E-state index contributed by atoms with van der Waals surface area (Å²) in [6, 6.07) is 7.55. The Kier molecular flexibility index (Phi) is 7.54. The van der Waals surface area contributed by atoms with E-state index in [4.69, 9.17) is 14.6 Å². The number of amides is 1. The molecule has 1 rings (SSSR count). The van der Waals surface area contributed by atoms with Gasteiger partial charge in [0, 0.05) is 13.7 Å². The van der Waals surface area contributed by atoms with Gasteiger partial charge in [0.05, 0.1) is 6.61 Å². The van der Waals surface area contributed by atoms with Crippen molar-refractivity contribution in [2.24, 2.45) is 0 Å². The lowest BCUT2D eigenvalue weighted by Crippen LogP contribution is -2.44. The van der Waals surface area contributed by atoms with Crippen LogP contribution in [-0.2, 0) is 14.3 Å². The highest BCUT2D eigenvalue weighted by molar-refractivity contribution is 5.84. The predicted octanol–water partition coefficient (Wildman–Crippen LogP) is 2.14. The number of hydrogen-bond donors (Lipinski definition) is 1. The fraction of sp³-hybridized carbons (Fsp3) is 0.529. The molecule has 1 aromatic rings. The number of carbonyl (C=O) groups excluding carboxylic acids is 1. The van der Waals surface area contributed by atoms with Crippen molar-refractivity contribution in [2.75, 3.05) is 26.8 Å². The third-order valence-corrected chi connectivity index (χ3v) is 3.39. The van der Waals surface area contributed by atoms with Crippen LogP contribution < -0.4 is 4.74 Å². The van der Waals surface area contributed by atoms with E-state index in [1.54, 1.807) is 13.0 Å². The number of hydrogen-bond acceptors (Lipinski definition) is 4. The van der Waals surface area contributed by atoms with E-state index in [1.165, 1.54) is 12.0 Å². The van der Waals surface area contributed by atoms with E-state index >= 15 is 0 Å². The molecule has 128 valence electrons. The first-order chi connectivity index (χ1) is 10.8. The van der Waals surface area contributed by atoms with Gasteiger partial charge in [-0.05, 0) is 30.5 Å². The van der Waals surface area contributed by atoms with Crippen LogP contribution in [0, 0.1) is 0 Å². The summed E-state index contributed by atoms with van der Waals surface area (Å²) in [4.78, 5) is 24.5. The molecule has 0 heterocycles. The standard InChI is InChI=1S/C17H25NO5/c1-12(2)14-6-5-7-15(10-14)23-13(3)17(21)18(8-9-22-4)11-16(19)20/h5-7,10,12-13H,8-9,11H2,1-4H3,(H,19,20). The summed E-state index contributed by atoms with van der Waals surface area (Å²) in [7, 11) is 1.50. The molecule has 1 atom stereocenters. The molecule has 0 aromatic heterocycles. The molecule has 0 spiro atoms. The zero-order chi connectivity index (χ0) is 17.4. The van der Waals surface area contributed by atoms with Crippen LogP contribution in [0.2, 0.25) is 0 Å². The maximum absolute atomic E-state index is 12.4. The molecular formula is C17H25NO5. The number of aliphatic carboxylic acids is 1. The van der Waals surface area contributed by atoms with Crippen LogP contribution in [0.25, 0.3) is 0 Å². The Balaban J connectivity index is 2.76. The van der Waals surface area contributed by atoms with Gasteiger partial charge in [-0.25, -0.2) is 0 Å². The smallest absolute Gasteiger partial charge is 0.323 e. The summed E-state index contributed by atoms with van der Waals surface area (Å²) in [5.41, 5.74) is 1.11. The van der Waals surface area contributed by atoms with Crippen molar-refractivity contribution < 1.29 is 24.2 Å². The molecular weight excluding hydrogens is 298 g/mol. The second-order valence-corrected chi connectivity index (χ2v) is 5.63. The summed E-state index contributed by atoms with van der Waals surface area (Å²) < 4.78 is 10.6. The highest BCUT2D eigenvalue weighted by Gasteiger charge is 2.23. The Morgan fingerprint density at radius 2 is 1.96 bits per heavy atom. The van der Waals surface area contributed by atoms with Crippen molar-refractivity contribution in [3.05, 3.63) is 29.8 Å². The third-order valence-electron chi connectivity index (χ3n) is 3.39. The number of methoxy groups -OCH3 is 1. The minimum atomic E-state index is -1.07. The van der Waals surface area contributed by atoms with Crippen molar-refractivity contribution in [2.45, 2.75) is 32.8 Å². The SMILES string of the molecule is COCCN(CC(=O)O)C(=O)C(C)Oc1cccc(C(C)C)c1. The third kappa shape index (κ3) is 6.28. The first-order valence-electron chi connectivity index (χ1n) is 7.61. The lowest BCUT2D eigenvalue weighted by molar-refractivity contribution is -0.148. The number of nitrogens with zero attached hydrogens (tertiary/aromatic N) is 1. The van der Waals surface area contributed by atoms with Gasteiger partial charge in [-0.1, -0.05) is 26.0 Å². The van der Waals surface area contributed by atoms with Crippen LogP contribution in [0.4, 0.5) is 0 Å². The lowest BCUT2D eigenvalue weighted by atomic mass is 10.0. The molecule has 1 amide bonds. The Bertz CT molecular complexity index is 529. The van der Waals surface area contributed by atoms with Crippen molar-refractivity contribution >= 4 is 11.9 Å². The molecule has 1 unspecified atom stereocenters. The first kappa shape index (κ1) is 19.0. The molecule has 6 heteroatoms. The lowest BCUT2D eigenvalue weighted by Gasteiger charge is -2.24. The van der Waals surface area contributed by atoms with Crippen LogP contribution in [0.5, 0.6) is 5.75 Å². The monoisotopic (exact) mass is 323 g/mol. The Hall–Kier alpha value is -2.08. The van der Waals surface area contributed by atoms with Crippen LogP contribution in [-0.4, -0.2) is 54.8 Å². The van der Waals surface area contributed by atoms with E-state index < -0.39 is 12.1 Å². The van der Waals surface area contributed by atoms with Gasteiger partial charge in [-0.2, -0.15) is 0 Å². The van der Waals surface area contributed by atoms with Crippen LogP contribution in [0.3, 0.4) is 0 Å². The number of benzene rings is 1. The van der Waals surface area contributed by atoms with Crippen LogP contribution >= 0.6 is 0 Å². The maximum atomic E-state index is 12.4. The van der Waals surface area contributed by atoms with Gasteiger partial charge in [0.25, 0.3) is 5.91 Å². The van der Waals surface area contributed by atoms with Crippen LogP contribution in [0.15, 0.2) is 24.3 Å². The maximum Gasteiger partial charge on any atom is 0.323 e. The van der Waals surface area contributed by atoms with E-state index in [9.17, 15) is 9.59 Å². The van der Waals surface area contributed by atoms with E-state index in [1.807, 2.05) is 18.2 Å². The van der Waals surface area contributed by atoms with Crippen molar-refractivity contribution in [3.8, 4) is 5.75 Å². The van der Waals surface area contributed by atoms with E-state index in [0.717, 1.165) is 5.56 Å². The zero-order valence-electron chi connectivity index (χ0n) is 14.1. The largest absolute Gasteiger partial charge is 0.481 e. The molecule has 0 saturated carbocycles. The topological polar surface area (TPSA) is 76.1 Å². The Morgan fingerprint density at radius 1 is 1.26 bits per heavy atom. The Labute approximate surface area is 137 Å². The van der Waals surface area contributed by atoms with Gasteiger partial charge >= 0.3 is 5.97 Å². The van der Waals surface area contributed by atoms with Gasteiger partial charge in [-0.3, -0.25) is 9.59 Å². The van der Waals surface area contributed by atoms with Gasteiger partial charge in [0.2, 0.25) is 0 Å². The number of carbonyl (C=O) groups is 2. The molecule has 0 bridgehead atoms. The van der Waals surface area contributed by atoms with Gasteiger partial charge in [0.15, 0.2) is 6.10 Å². The second kappa shape index (κ2) is 9.15. The van der Waals surface area contributed by atoms with Gasteiger partial charge in [0.1, 0.15) is 12.3 Å². The number of carboxylic acids is 1. The number of rotatable bonds is 9. The average molecular weight is 323 g/mol. The van der Waals surface area contributed by atoms with E-state index in [0.29, 0.717) is 11.7 Å². The fourth-order valence-corrected chi connectivity index (χ4v) is 2.09. The molecule has 1 N–H and O–H groups in total. The van der Waals surface area contributed by atoms with Gasteiger partial charge < -0.3 is 19.5 Å². The summed E-state index contributed by atoms with van der Waals surface area (Å²) in [5, 5.41) is 8.93. The molecule has 0 fully saturated rings. The summed E-state index contributed by atoms with van der Waals surface area (Å²) in [6.45, 7) is 5.88. The first-order valence-corrected chi connectivity index (χ1v) is 7.61. The highest BCUT2D eigenvalue weighted by Crippen LogP contribution is 2.21. The summed E-state index contributed by atoms with van der Waals surface area (Å²) >= 11 is 0. The molecule has 0 aliphatic heterocycles. The van der Waals surface area contributed by atoms with Crippen molar-refractivity contribution in [1.82, 2.24) is 4.90 Å². The second-order valence-electron chi connectivity index (χ2n) is 5.63. The predicted molar refractivity (Wildman–Crippen MR) is 86.7 cm³/mol. The van der Waals surface area contributed by atoms with E-state index in [2.05, 4.69) is 13.8 Å². The molecule has 0 radical (unpaired) electrons. The summed E-state index contributed by atoms with van der Waals surface area (Å²) in [6.07, 6.45) is -0.770. The molecule has 1 aromatic carbocycles. The zero-order valence-corrected chi connectivity index (χ0v) is 14.1. The average Bonchev–Trinajstić information content (AvgIpc) is 2.50. The quantitative estimate of drug-likeness (QED) is 0.753. The Morgan fingerprint density at radius 3 is 2.52 bits per heavy atom. The molecule has 0 saturated heterocycles. The fourth-order valence-electron chi connectivity index (χ4n) is 2.09. The van der Waals surface area contributed by atoms with Crippen LogP contribution in [0.1, 0.15) is 32.3 Å². The van der Waals surface area contributed by atoms with Crippen molar-refractivity contribution in [3.63, 3.8) is 0 Å². The normalized spacial score (nSPS) is 12.0. The minimum Gasteiger partial charge on any atom is -0.481 e. The summed E-state index contributed by atoms with van der Waals surface area (Å²) in [5.74, 6) is -0.489. The molecule has 0 aliphatic rings. The molecule has 6 nitrogen and oxygen atoms in total. The highest BCUT2D eigenvalue weighted by atomic mass is 16.5. The number of carboxylic acid groups (broad SMARTS) is 1. The van der Waals surface area contributed by atoms with E-state index in [-0.39, 0.29) is 25.6 Å². The molecule has 23 heavy (non-hydrogen) atoms. The number of ether oxygens (including phenoxy) is 2. The molecule has 0 aliphatic carbocycles. The van der Waals surface area contributed by atoms with Crippen molar-refractivity contribution in [1.29, 1.82) is 0 Å².